The first-order valence-electron chi connectivity index (χ1n) is 7.17. The van der Waals surface area contributed by atoms with Crippen LogP contribution < -0.4 is 5.32 Å². The third-order valence-corrected chi connectivity index (χ3v) is 3.74. The Kier molecular flexibility index (Phi) is 3.62. The molecule has 0 spiro atoms. The molecule has 3 amide bonds. The van der Waals surface area contributed by atoms with Crippen molar-refractivity contribution in [2.24, 2.45) is 0 Å². The van der Waals surface area contributed by atoms with Crippen molar-refractivity contribution in [3.05, 3.63) is 11.6 Å². The number of imide groups is 1. The van der Waals surface area contributed by atoms with Gasteiger partial charge in [0.05, 0.1) is 19.7 Å². The largest absolute Gasteiger partial charge is 0.381 e. The zero-order valence-electron chi connectivity index (χ0n) is 12.2. The zero-order chi connectivity index (χ0) is 15.0. The van der Waals surface area contributed by atoms with Gasteiger partial charge in [0.2, 0.25) is 5.91 Å². The molecule has 1 aromatic heterocycles. The van der Waals surface area contributed by atoms with E-state index in [0.717, 1.165) is 18.9 Å². The van der Waals surface area contributed by atoms with Crippen LogP contribution in [0, 0.1) is 0 Å². The first-order chi connectivity index (χ1) is 10.1. The highest BCUT2D eigenvalue weighted by Gasteiger charge is 2.31. The molecule has 8 nitrogen and oxygen atoms in total. The van der Waals surface area contributed by atoms with Crippen molar-refractivity contribution >= 4 is 11.9 Å². The predicted molar refractivity (Wildman–Crippen MR) is 72.5 cm³/mol. The van der Waals surface area contributed by atoms with E-state index in [4.69, 9.17) is 4.74 Å². The second-order valence-corrected chi connectivity index (χ2v) is 5.62. The fraction of sp³-hybridized carbons (Fsp3) is 0.692. The summed E-state index contributed by atoms with van der Waals surface area (Å²) in [5.74, 6) is 1.34. The highest BCUT2D eigenvalue weighted by Crippen LogP contribution is 2.24. The summed E-state index contributed by atoms with van der Waals surface area (Å²) in [6.07, 6.45) is 0.907. The van der Waals surface area contributed by atoms with Crippen molar-refractivity contribution in [3.8, 4) is 0 Å². The standard InChI is InChI=1S/C13H19N5O3/c1-8(2)18-10(6-17-11(19)5-14-13(17)20)15-12(16-18)9-3-4-21-7-9/h8-9H,3-7H2,1-2H3,(H,14,20)/t9-/m1/s1. The fourth-order valence-electron chi connectivity index (χ4n) is 2.56. The smallest absolute Gasteiger partial charge is 0.325 e. The minimum Gasteiger partial charge on any atom is -0.381 e. The number of hydrogen-bond acceptors (Lipinski definition) is 5. The predicted octanol–water partition coefficient (Wildman–Crippen LogP) is 0.415. The third-order valence-electron chi connectivity index (χ3n) is 3.74. The van der Waals surface area contributed by atoms with E-state index in [9.17, 15) is 9.59 Å². The summed E-state index contributed by atoms with van der Waals surface area (Å²) in [5, 5.41) is 7.05. The van der Waals surface area contributed by atoms with Crippen LogP contribution in [0.2, 0.25) is 0 Å². The molecule has 0 aromatic carbocycles. The van der Waals surface area contributed by atoms with E-state index in [0.29, 0.717) is 12.4 Å². The van der Waals surface area contributed by atoms with Crippen molar-refractivity contribution in [1.29, 1.82) is 0 Å². The molecule has 21 heavy (non-hydrogen) atoms. The van der Waals surface area contributed by atoms with Gasteiger partial charge in [-0.1, -0.05) is 0 Å². The molecule has 2 aliphatic rings. The Morgan fingerprint density at radius 1 is 1.43 bits per heavy atom. The van der Waals surface area contributed by atoms with Gasteiger partial charge in [0.1, 0.15) is 5.82 Å². The molecule has 0 radical (unpaired) electrons. The van der Waals surface area contributed by atoms with Crippen LogP contribution in [0.4, 0.5) is 4.79 Å². The van der Waals surface area contributed by atoms with Crippen LogP contribution in [-0.2, 0) is 16.1 Å². The Balaban J connectivity index is 1.85. The van der Waals surface area contributed by atoms with Crippen LogP contribution in [-0.4, -0.2) is 51.4 Å². The number of nitrogens with one attached hydrogen (secondary N) is 1. The van der Waals surface area contributed by atoms with Gasteiger partial charge < -0.3 is 10.1 Å². The van der Waals surface area contributed by atoms with Gasteiger partial charge in [-0.05, 0) is 20.3 Å². The molecular formula is C13H19N5O3. The van der Waals surface area contributed by atoms with Gasteiger partial charge in [0.15, 0.2) is 5.82 Å². The molecule has 0 bridgehead atoms. The van der Waals surface area contributed by atoms with Gasteiger partial charge in [0.25, 0.3) is 0 Å². The highest BCUT2D eigenvalue weighted by atomic mass is 16.5. The van der Waals surface area contributed by atoms with Gasteiger partial charge in [0, 0.05) is 18.6 Å². The van der Waals surface area contributed by atoms with Gasteiger partial charge in [-0.25, -0.2) is 14.5 Å². The summed E-state index contributed by atoms with van der Waals surface area (Å²) in [6.45, 7) is 5.56. The first kappa shape index (κ1) is 14.0. The van der Waals surface area contributed by atoms with Crippen LogP contribution in [0.5, 0.6) is 0 Å². The van der Waals surface area contributed by atoms with Crippen LogP contribution in [0.15, 0.2) is 0 Å². The monoisotopic (exact) mass is 293 g/mol. The van der Waals surface area contributed by atoms with E-state index in [-0.39, 0.29) is 37.0 Å². The van der Waals surface area contributed by atoms with E-state index >= 15 is 0 Å². The van der Waals surface area contributed by atoms with Gasteiger partial charge in [-0.2, -0.15) is 5.10 Å². The number of aromatic nitrogens is 3. The average Bonchev–Trinajstić information content (AvgIpc) is 3.14. The molecule has 114 valence electrons. The lowest BCUT2D eigenvalue weighted by Crippen LogP contribution is -2.31. The topological polar surface area (TPSA) is 89.3 Å². The number of hydrogen-bond donors (Lipinski definition) is 1. The van der Waals surface area contributed by atoms with E-state index < -0.39 is 0 Å². The number of ether oxygens (including phenoxy) is 1. The number of amides is 3. The van der Waals surface area contributed by atoms with E-state index in [1.165, 1.54) is 4.90 Å². The average molecular weight is 293 g/mol. The summed E-state index contributed by atoms with van der Waals surface area (Å²) in [6, 6.07) is -0.256. The molecule has 1 aromatic rings. The number of rotatable bonds is 4. The Bertz CT molecular complexity index is 546. The quantitative estimate of drug-likeness (QED) is 0.812. The second kappa shape index (κ2) is 5.44. The van der Waals surface area contributed by atoms with Crippen molar-refractivity contribution in [1.82, 2.24) is 25.0 Å². The van der Waals surface area contributed by atoms with Crippen molar-refractivity contribution in [2.45, 2.75) is 38.8 Å². The molecule has 8 heteroatoms. The lowest BCUT2D eigenvalue weighted by atomic mass is 10.1. The summed E-state index contributed by atoms with van der Waals surface area (Å²) in [7, 11) is 0. The van der Waals surface area contributed by atoms with Crippen LogP contribution in [0.25, 0.3) is 0 Å². The maximum Gasteiger partial charge on any atom is 0.325 e. The van der Waals surface area contributed by atoms with E-state index in [1.54, 1.807) is 4.68 Å². The zero-order valence-corrected chi connectivity index (χ0v) is 12.2. The minimum absolute atomic E-state index is 0.0535. The summed E-state index contributed by atoms with van der Waals surface area (Å²) in [5.41, 5.74) is 0. The van der Waals surface area contributed by atoms with Crippen LogP contribution in [0.1, 0.15) is 43.9 Å². The Morgan fingerprint density at radius 2 is 2.24 bits per heavy atom. The molecule has 0 saturated carbocycles. The van der Waals surface area contributed by atoms with Gasteiger partial charge in [-0.15, -0.1) is 0 Å². The van der Waals surface area contributed by atoms with Gasteiger partial charge >= 0.3 is 6.03 Å². The van der Waals surface area contributed by atoms with Crippen molar-refractivity contribution in [2.75, 3.05) is 19.8 Å². The molecule has 1 N–H and O–H groups in total. The maximum atomic E-state index is 11.7. The van der Waals surface area contributed by atoms with Crippen molar-refractivity contribution in [3.63, 3.8) is 0 Å². The van der Waals surface area contributed by atoms with Crippen molar-refractivity contribution < 1.29 is 14.3 Å². The summed E-state index contributed by atoms with van der Waals surface area (Å²) >= 11 is 0. The summed E-state index contributed by atoms with van der Waals surface area (Å²) in [4.78, 5) is 29.1. The lowest BCUT2D eigenvalue weighted by molar-refractivity contribution is -0.125. The lowest BCUT2D eigenvalue weighted by Gasteiger charge is -2.14. The maximum absolute atomic E-state index is 11.7. The molecule has 1 atom stereocenters. The Hall–Kier alpha value is -1.96. The third kappa shape index (κ3) is 2.63. The number of nitrogens with zero attached hydrogens (tertiary/aromatic N) is 4. The Morgan fingerprint density at radius 3 is 2.81 bits per heavy atom. The van der Waals surface area contributed by atoms with Crippen LogP contribution >= 0.6 is 0 Å². The SMILES string of the molecule is CC(C)n1nc([C@@H]2CCOC2)nc1CN1C(=O)CNC1=O. The second-order valence-electron chi connectivity index (χ2n) is 5.62. The normalized spacial score (nSPS) is 22.4. The molecule has 2 saturated heterocycles. The fourth-order valence-corrected chi connectivity index (χ4v) is 2.56. The molecule has 0 unspecified atom stereocenters. The molecule has 3 heterocycles. The molecule has 2 aliphatic heterocycles. The first-order valence-corrected chi connectivity index (χ1v) is 7.17. The van der Waals surface area contributed by atoms with Crippen LogP contribution in [0.3, 0.4) is 0 Å². The molecule has 3 rings (SSSR count). The van der Waals surface area contributed by atoms with E-state index in [1.807, 2.05) is 13.8 Å². The van der Waals surface area contributed by atoms with E-state index in [2.05, 4.69) is 15.4 Å². The minimum atomic E-state index is -0.371. The number of carbonyl (C=O) groups is 2. The summed E-state index contributed by atoms with van der Waals surface area (Å²) < 4.78 is 7.16. The molecule has 0 aliphatic carbocycles. The highest BCUT2D eigenvalue weighted by molar-refractivity contribution is 6.01. The Labute approximate surface area is 122 Å². The molecular weight excluding hydrogens is 274 g/mol. The number of carbonyl (C=O) groups excluding carboxylic acids is 2. The molecule has 2 fully saturated rings. The number of urea groups is 1. The van der Waals surface area contributed by atoms with Gasteiger partial charge in [-0.3, -0.25) is 9.69 Å².